The first-order valence-electron chi connectivity index (χ1n) is 4.52. The standard InChI is InChI=1S/C10H12F2N2O/c11-8-2-1-7(9(12)5-8)3-4-14-6-10(13)15/h1-2,5,14H,3-4,6H2,(H2,13,15). The number of amides is 1. The number of rotatable bonds is 5. The van der Waals surface area contributed by atoms with Crippen molar-refractivity contribution in [3.8, 4) is 0 Å². The highest BCUT2D eigenvalue weighted by Crippen LogP contribution is 2.09. The second-order valence-corrected chi connectivity index (χ2v) is 3.13. The molecule has 0 aromatic heterocycles. The van der Waals surface area contributed by atoms with E-state index in [2.05, 4.69) is 5.32 Å². The number of nitrogens with one attached hydrogen (secondary N) is 1. The van der Waals surface area contributed by atoms with Crippen molar-refractivity contribution in [3.05, 3.63) is 35.4 Å². The van der Waals surface area contributed by atoms with Crippen LogP contribution in [0.5, 0.6) is 0 Å². The molecular weight excluding hydrogens is 202 g/mol. The topological polar surface area (TPSA) is 55.1 Å². The lowest BCUT2D eigenvalue weighted by Crippen LogP contribution is -2.30. The third-order valence-electron chi connectivity index (χ3n) is 1.89. The molecule has 1 aromatic rings. The molecule has 0 aliphatic carbocycles. The van der Waals surface area contributed by atoms with E-state index in [4.69, 9.17) is 5.73 Å². The molecule has 1 aromatic carbocycles. The van der Waals surface area contributed by atoms with Crippen LogP contribution < -0.4 is 11.1 Å². The molecule has 0 saturated heterocycles. The van der Waals surface area contributed by atoms with Crippen LogP contribution in [0.4, 0.5) is 8.78 Å². The zero-order valence-corrected chi connectivity index (χ0v) is 8.09. The average Bonchev–Trinajstić information content (AvgIpc) is 2.14. The van der Waals surface area contributed by atoms with Gasteiger partial charge in [-0.2, -0.15) is 0 Å². The molecule has 0 saturated carbocycles. The monoisotopic (exact) mass is 214 g/mol. The van der Waals surface area contributed by atoms with E-state index in [1.165, 1.54) is 12.1 Å². The molecule has 0 heterocycles. The fourth-order valence-corrected chi connectivity index (χ4v) is 1.16. The number of primary amides is 1. The molecule has 0 fully saturated rings. The van der Waals surface area contributed by atoms with Gasteiger partial charge in [0, 0.05) is 6.07 Å². The molecule has 82 valence electrons. The Morgan fingerprint density at radius 2 is 2.13 bits per heavy atom. The number of carbonyl (C=O) groups excluding carboxylic acids is 1. The number of hydrogen-bond acceptors (Lipinski definition) is 2. The minimum absolute atomic E-state index is 0.0583. The lowest BCUT2D eigenvalue weighted by atomic mass is 10.1. The number of nitrogens with two attached hydrogens (primary N) is 1. The van der Waals surface area contributed by atoms with Gasteiger partial charge in [-0.1, -0.05) is 6.07 Å². The van der Waals surface area contributed by atoms with Crippen molar-refractivity contribution in [2.75, 3.05) is 13.1 Å². The van der Waals surface area contributed by atoms with Crippen LogP contribution in [0.3, 0.4) is 0 Å². The van der Waals surface area contributed by atoms with E-state index in [1.54, 1.807) is 0 Å². The summed E-state index contributed by atoms with van der Waals surface area (Å²) >= 11 is 0. The van der Waals surface area contributed by atoms with Gasteiger partial charge in [0.1, 0.15) is 11.6 Å². The summed E-state index contributed by atoms with van der Waals surface area (Å²) in [7, 11) is 0. The zero-order chi connectivity index (χ0) is 11.3. The zero-order valence-electron chi connectivity index (χ0n) is 8.09. The first-order valence-corrected chi connectivity index (χ1v) is 4.52. The molecule has 0 radical (unpaired) electrons. The Kier molecular flexibility index (Phi) is 4.17. The van der Waals surface area contributed by atoms with Crippen LogP contribution in [0.2, 0.25) is 0 Å². The summed E-state index contributed by atoms with van der Waals surface area (Å²) < 4.78 is 25.6. The van der Waals surface area contributed by atoms with Gasteiger partial charge < -0.3 is 11.1 Å². The molecule has 1 amide bonds. The predicted molar refractivity (Wildman–Crippen MR) is 52.1 cm³/mol. The van der Waals surface area contributed by atoms with Crippen molar-refractivity contribution in [1.82, 2.24) is 5.32 Å². The molecule has 0 aliphatic rings. The Balaban J connectivity index is 2.40. The molecule has 1 rings (SSSR count). The molecule has 15 heavy (non-hydrogen) atoms. The highest BCUT2D eigenvalue weighted by atomic mass is 19.1. The van der Waals surface area contributed by atoms with E-state index in [9.17, 15) is 13.6 Å². The summed E-state index contributed by atoms with van der Waals surface area (Å²) in [5.41, 5.74) is 5.31. The van der Waals surface area contributed by atoms with Crippen LogP contribution in [-0.4, -0.2) is 19.0 Å². The van der Waals surface area contributed by atoms with Gasteiger partial charge in [-0.15, -0.1) is 0 Å². The van der Waals surface area contributed by atoms with Crippen LogP contribution >= 0.6 is 0 Å². The second-order valence-electron chi connectivity index (χ2n) is 3.13. The smallest absolute Gasteiger partial charge is 0.231 e. The van der Waals surface area contributed by atoms with Gasteiger partial charge in [-0.25, -0.2) is 8.78 Å². The third-order valence-corrected chi connectivity index (χ3v) is 1.89. The minimum atomic E-state index is -0.596. The molecular formula is C10H12F2N2O. The highest BCUT2D eigenvalue weighted by molar-refractivity contribution is 5.75. The lowest BCUT2D eigenvalue weighted by molar-refractivity contribution is -0.117. The third kappa shape index (κ3) is 4.03. The maximum Gasteiger partial charge on any atom is 0.231 e. The fourth-order valence-electron chi connectivity index (χ4n) is 1.16. The number of hydrogen-bond donors (Lipinski definition) is 2. The van der Waals surface area contributed by atoms with Gasteiger partial charge in [0.05, 0.1) is 6.54 Å². The number of halogens is 2. The largest absolute Gasteiger partial charge is 0.369 e. The SMILES string of the molecule is NC(=O)CNCCc1ccc(F)cc1F. The van der Waals surface area contributed by atoms with E-state index >= 15 is 0 Å². The summed E-state index contributed by atoms with van der Waals surface area (Å²) in [6.07, 6.45) is 0.388. The van der Waals surface area contributed by atoms with Crippen LogP contribution in [0.15, 0.2) is 18.2 Å². The summed E-state index contributed by atoms with van der Waals surface area (Å²) in [5.74, 6) is -1.63. The molecule has 0 atom stereocenters. The summed E-state index contributed by atoms with van der Waals surface area (Å²) in [4.78, 5) is 10.4. The van der Waals surface area contributed by atoms with Gasteiger partial charge in [-0.05, 0) is 24.6 Å². The van der Waals surface area contributed by atoms with Gasteiger partial charge in [0.2, 0.25) is 5.91 Å². The Labute approximate surface area is 86.3 Å². The average molecular weight is 214 g/mol. The van der Waals surface area contributed by atoms with Crippen LogP contribution in [0, 0.1) is 11.6 Å². The van der Waals surface area contributed by atoms with Gasteiger partial charge in [-0.3, -0.25) is 4.79 Å². The Morgan fingerprint density at radius 3 is 2.73 bits per heavy atom. The normalized spacial score (nSPS) is 10.3. The molecule has 0 spiro atoms. The van der Waals surface area contributed by atoms with E-state index in [-0.39, 0.29) is 6.54 Å². The predicted octanol–water partition coefficient (Wildman–Crippen LogP) is 0.582. The first-order chi connectivity index (χ1) is 7.09. The molecule has 0 unspecified atom stereocenters. The molecule has 5 heteroatoms. The molecule has 3 nitrogen and oxygen atoms in total. The quantitative estimate of drug-likeness (QED) is 0.704. The highest BCUT2D eigenvalue weighted by Gasteiger charge is 2.03. The summed E-state index contributed by atoms with van der Waals surface area (Å²) in [5, 5.41) is 2.74. The maximum absolute atomic E-state index is 13.1. The van der Waals surface area contributed by atoms with E-state index in [1.807, 2.05) is 0 Å². The van der Waals surface area contributed by atoms with Crippen molar-refractivity contribution in [2.45, 2.75) is 6.42 Å². The fraction of sp³-hybridized carbons (Fsp3) is 0.300. The maximum atomic E-state index is 13.1. The minimum Gasteiger partial charge on any atom is -0.369 e. The molecule has 3 N–H and O–H groups in total. The molecule has 0 bridgehead atoms. The summed E-state index contributed by atoms with van der Waals surface area (Å²) in [6, 6.07) is 3.42. The van der Waals surface area contributed by atoms with Crippen LogP contribution in [0.1, 0.15) is 5.56 Å². The van der Waals surface area contributed by atoms with Gasteiger partial charge in [0.25, 0.3) is 0 Å². The van der Waals surface area contributed by atoms with E-state index < -0.39 is 17.5 Å². The van der Waals surface area contributed by atoms with Crippen molar-refractivity contribution in [2.24, 2.45) is 5.73 Å². The van der Waals surface area contributed by atoms with E-state index in [0.717, 1.165) is 6.07 Å². The van der Waals surface area contributed by atoms with Crippen molar-refractivity contribution >= 4 is 5.91 Å². The van der Waals surface area contributed by atoms with Crippen molar-refractivity contribution < 1.29 is 13.6 Å². The first kappa shape index (κ1) is 11.6. The van der Waals surface area contributed by atoms with Gasteiger partial charge >= 0.3 is 0 Å². The van der Waals surface area contributed by atoms with Crippen molar-refractivity contribution in [3.63, 3.8) is 0 Å². The number of benzene rings is 1. The second kappa shape index (κ2) is 5.41. The van der Waals surface area contributed by atoms with Crippen LogP contribution in [-0.2, 0) is 11.2 Å². The van der Waals surface area contributed by atoms with E-state index in [0.29, 0.717) is 18.5 Å². The Bertz CT molecular complexity index is 355. The Hall–Kier alpha value is -1.49. The lowest BCUT2D eigenvalue weighted by Gasteiger charge is -2.04. The number of carbonyl (C=O) groups is 1. The molecule has 0 aliphatic heterocycles. The Morgan fingerprint density at radius 1 is 1.40 bits per heavy atom. The van der Waals surface area contributed by atoms with Gasteiger partial charge in [0.15, 0.2) is 0 Å². The van der Waals surface area contributed by atoms with Crippen LogP contribution in [0.25, 0.3) is 0 Å². The van der Waals surface area contributed by atoms with Crippen molar-refractivity contribution in [1.29, 1.82) is 0 Å². The summed E-state index contributed by atoms with van der Waals surface area (Å²) in [6.45, 7) is 0.480.